The van der Waals surface area contributed by atoms with Crippen LogP contribution in [0.1, 0.15) is 46.0 Å². The lowest BCUT2D eigenvalue weighted by atomic mass is 10.1. The number of halogens is 4. The standard InChI is InChI=1S/C31H35F4N5O3/c1-18(2)40-12-13-42-29-21(32)14-20(15-24(29)40)28-22(33)17-36-25(37-28)16-19-6-7-23(27(35)26(19)34)38-8-10-39(11-9-38)30(41)43-31(3,4)5/h6-7,14-15,17-18H,8-13,16H2,1-5H3. The summed E-state index contributed by atoms with van der Waals surface area (Å²) >= 11 is 0. The molecule has 0 saturated carbocycles. The minimum atomic E-state index is -1.06. The van der Waals surface area contributed by atoms with Crippen LogP contribution in [-0.2, 0) is 11.2 Å². The molecule has 0 unspecified atom stereocenters. The van der Waals surface area contributed by atoms with Crippen molar-refractivity contribution in [1.29, 1.82) is 0 Å². The Morgan fingerprint density at radius 2 is 1.70 bits per heavy atom. The Labute approximate surface area is 248 Å². The Balaban J connectivity index is 1.34. The number of nitrogens with zero attached hydrogens (tertiary/aromatic N) is 5. The molecular weight excluding hydrogens is 566 g/mol. The van der Waals surface area contributed by atoms with Gasteiger partial charge in [-0.15, -0.1) is 0 Å². The number of benzene rings is 2. The SMILES string of the molecule is CC(C)N1CCOc2c(F)cc(-c3nc(Cc4ccc(N5CCN(C(=O)OC(C)(C)C)CC5)c(F)c4F)ncc3F)cc21. The number of piperazine rings is 1. The van der Waals surface area contributed by atoms with E-state index in [1.807, 2.05) is 18.7 Å². The van der Waals surface area contributed by atoms with Crippen LogP contribution in [0.5, 0.6) is 5.75 Å². The zero-order chi connectivity index (χ0) is 31.1. The first-order chi connectivity index (χ1) is 20.3. The van der Waals surface area contributed by atoms with Gasteiger partial charge in [-0.1, -0.05) is 6.07 Å². The van der Waals surface area contributed by atoms with Gasteiger partial charge in [-0.2, -0.15) is 0 Å². The van der Waals surface area contributed by atoms with Crippen molar-refractivity contribution in [2.45, 2.75) is 52.7 Å². The minimum Gasteiger partial charge on any atom is -0.486 e. The summed E-state index contributed by atoms with van der Waals surface area (Å²) in [6, 6.07) is 5.73. The fourth-order valence-electron chi connectivity index (χ4n) is 5.25. The van der Waals surface area contributed by atoms with E-state index in [2.05, 4.69) is 9.97 Å². The summed E-state index contributed by atoms with van der Waals surface area (Å²) < 4.78 is 71.4. The Hall–Kier alpha value is -4.09. The Kier molecular flexibility index (Phi) is 8.40. The smallest absolute Gasteiger partial charge is 0.410 e. The minimum absolute atomic E-state index is 0.0118. The van der Waals surface area contributed by atoms with E-state index in [9.17, 15) is 9.18 Å². The molecule has 5 rings (SSSR count). The molecule has 12 heteroatoms. The molecule has 2 aromatic carbocycles. The van der Waals surface area contributed by atoms with Gasteiger partial charge in [0, 0.05) is 44.2 Å². The normalized spacial score (nSPS) is 15.4. The van der Waals surface area contributed by atoms with Gasteiger partial charge in [0.2, 0.25) is 0 Å². The average molecular weight is 602 g/mol. The van der Waals surface area contributed by atoms with E-state index < -0.39 is 35.0 Å². The molecule has 2 aliphatic heterocycles. The van der Waals surface area contributed by atoms with Gasteiger partial charge in [0.25, 0.3) is 0 Å². The van der Waals surface area contributed by atoms with Gasteiger partial charge >= 0.3 is 6.09 Å². The molecule has 3 aromatic rings. The van der Waals surface area contributed by atoms with Crippen LogP contribution in [0.3, 0.4) is 0 Å². The lowest BCUT2D eigenvalue weighted by molar-refractivity contribution is 0.0240. The molecule has 1 saturated heterocycles. The molecule has 0 radical (unpaired) electrons. The molecule has 8 nitrogen and oxygen atoms in total. The van der Waals surface area contributed by atoms with E-state index in [1.54, 1.807) is 31.7 Å². The van der Waals surface area contributed by atoms with Gasteiger partial charge in [0.1, 0.15) is 23.7 Å². The number of ether oxygens (including phenoxy) is 2. The zero-order valence-electron chi connectivity index (χ0n) is 24.9. The van der Waals surface area contributed by atoms with Crippen molar-refractivity contribution in [3.05, 3.63) is 65.1 Å². The highest BCUT2D eigenvalue weighted by atomic mass is 19.2. The molecule has 0 aliphatic carbocycles. The molecule has 3 heterocycles. The Morgan fingerprint density at radius 1 is 0.977 bits per heavy atom. The number of aromatic nitrogens is 2. The van der Waals surface area contributed by atoms with E-state index in [0.29, 0.717) is 45.0 Å². The van der Waals surface area contributed by atoms with Crippen LogP contribution in [0.2, 0.25) is 0 Å². The van der Waals surface area contributed by atoms with Gasteiger partial charge < -0.3 is 24.2 Å². The molecule has 230 valence electrons. The topological polar surface area (TPSA) is 71.0 Å². The van der Waals surface area contributed by atoms with Crippen molar-refractivity contribution in [3.63, 3.8) is 0 Å². The largest absolute Gasteiger partial charge is 0.486 e. The lowest BCUT2D eigenvalue weighted by Gasteiger charge is -2.37. The van der Waals surface area contributed by atoms with Crippen LogP contribution in [0.15, 0.2) is 30.5 Å². The molecule has 0 N–H and O–H groups in total. The maximum atomic E-state index is 15.3. The van der Waals surface area contributed by atoms with Crippen LogP contribution in [0.25, 0.3) is 11.3 Å². The van der Waals surface area contributed by atoms with Crippen molar-refractivity contribution in [3.8, 4) is 17.0 Å². The first-order valence-corrected chi connectivity index (χ1v) is 14.3. The van der Waals surface area contributed by atoms with E-state index in [1.165, 1.54) is 17.0 Å². The number of hydrogen-bond acceptors (Lipinski definition) is 7. The van der Waals surface area contributed by atoms with Crippen molar-refractivity contribution in [1.82, 2.24) is 14.9 Å². The summed E-state index contributed by atoms with van der Waals surface area (Å²) in [5, 5.41) is 0. The summed E-state index contributed by atoms with van der Waals surface area (Å²) in [6.07, 6.45) is 0.284. The van der Waals surface area contributed by atoms with Crippen LogP contribution in [-0.4, -0.2) is 71.9 Å². The summed E-state index contributed by atoms with van der Waals surface area (Å²) in [6.45, 7) is 11.3. The average Bonchev–Trinajstić information content (AvgIpc) is 2.95. The number of rotatable bonds is 5. The number of carbonyl (C=O) groups is 1. The Bertz CT molecular complexity index is 1520. The predicted molar refractivity (Wildman–Crippen MR) is 155 cm³/mol. The maximum absolute atomic E-state index is 15.3. The highest BCUT2D eigenvalue weighted by Crippen LogP contribution is 2.39. The van der Waals surface area contributed by atoms with Gasteiger partial charge in [-0.3, -0.25) is 0 Å². The summed E-state index contributed by atoms with van der Waals surface area (Å²) in [4.78, 5) is 25.8. The first-order valence-electron chi connectivity index (χ1n) is 14.3. The van der Waals surface area contributed by atoms with Crippen molar-refractivity contribution >= 4 is 17.5 Å². The lowest BCUT2D eigenvalue weighted by Crippen LogP contribution is -2.50. The summed E-state index contributed by atoms with van der Waals surface area (Å²) in [5.74, 6) is -3.37. The fraction of sp³-hybridized carbons (Fsp3) is 0.452. The summed E-state index contributed by atoms with van der Waals surface area (Å²) in [7, 11) is 0. The molecule has 1 fully saturated rings. The van der Waals surface area contributed by atoms with Crippen LogP contribution in [0.4, 0.5) is 33.7 Å². The fourth-order valence-corrected chi connectivity index (χ4v) is 5.25. The highest BCUT2D eigenvalue weighted by molar-refractivity contribution is 5.72. The van der Waals surface area contributed by atoms with Gasteiger partial charge in [0.05, 0.1) is 24.1 Å². The monoisotopic (exact) mass is 601 g/mol. The third kappa shape index (κ3) is 6.47. The second-order valence-electron chi connectivity index (χ2n) is 11.9. The molecule has 0 bridgehead atoms. The van der Waals surface area contributed by atoms with E-state index >= 15 is 13.2 Å². The molecular formula is C31H35F4N5O3. The van der Waals surface area contributed by atoms with Gasteiger partial charge in [-0.05, 0) is 58.4 Å². The third-order valence-corrected chi connectivity index (χ3v) is 7.37. The van der Waals surface area contributed by atoms with Crippen LogP contribution >= 0.6 is 0 Å². The number of hydrogen-bond donors (Lipinski definition) is 0. The van der Waals surface area contributed by atoms with Crippen molar-refractivity contribution < 1.29 is 31.8 Å². The quantitative estimate of drug-likeness (QED) is 0.335. The van der Waals surface area contributed by atoms with Crippen LogP contribution in [0, 0.1) is 23.3 Å². The number of carbonyl (C=O) groups excluding carboxylic acids is 1. The number of anilines is 2. The molecule has 0 atom stereocenters. The van der Waals surface area contributed by atoms with Gasteiger partial charge in [-0.25, -0.2) is 32.3 Å². The molecule has 1 amide bonds. The molecule has 43 heavy (non-hydrogen) atoms. The number of amides is 1. The van der Waals surface area contributed by atoms with E-state index in [4.69, 9.17) is 9.47 Å². The Morgan fingerprint density at radius 3 is 2.37 bits per heavy atom. The maximum Gasteiger partial charge on any atom is 0.410 e. The van der Waals surface area contributed by atoms with Crippen LogP contribution < -0.4 is 14.5 Å². The predicted octanol–water partition coefficient (Wildman–Crippen LogP) is 5.96. The van der Waals surface area contributed by atoms with Gasteiger partial charge in [0.15, 0.2) is 29.0 Å². The van der Waals surface area contributed by atoms with E-state index in [-0.39, 0.29) is 46.5 Å². The van der Waals surface area contributed by atoms with E-state index in [0.717, 1.165) is 12.3 Å². The second kappa shape index (κ2) is 11.9. The second-order valence-corrected chi connectivity index (χ2v) is 11.9. The van der Waals surface area contributed by atoms with Crippen molar-refractivity contribution in [2.24, 2.45) is 0 Å². The molecule has 0 spiro atoms. The third-order valence-electron chi connectivity index (χ3n) is 7.37. The zero-order valence-corrected chi connectivity index (χ0v) is 24.9. The number of fused-ring (bicyclic) bond motifs is 1. The van der Waals surface area contributed by atoms with Crippen molar-refractivity contribution in [2.75, 3.05) is 49.1 Å². The highest BCUT2D eigenvalue weighted by Gasteiger charge is 2.29. The first kappa shape index (κ1) is 30.4. The molecule has 2 aliphatic rings. The molecule has 1 aromatic heterocycles. The summed E-state index contributed by atoms with van der Waals surface area (Å²) in [5.41, 5.74) is -0.0436.